The zero-order valence-electron chi connectivity index (χ0n) is 11.3. The molecule has 0 amide bonds. The summed E-state index contributed by atoms with van der Waals surface area (Å²) in [5, 5.41) is 3.99. The van der Waals surface area contributed by atoms with E-state index in [-0.39, 0.29) is 0 Å². The van der Waals surface area contributed by atoms with Gasteiger partial charge in [0.1, 0.15) is 23.0 Å². The molecule has 0 aromatic carbocycles. The van der Waals surface area contributed by atoms with Gasteiger partial charge in [-0.2, -0.15) is 0 Å². The molecular weight excluding hydrogens is 254 g/mol. The van der Waals surface area contributed by atoms with E-state index < -0.39 is 0 Å². The normalized spacial score (nSPS) is 11.2. The summed E-state index contributed by atoms with van der Waals surface area (Å²) < 4.78 is 5.31. The molecule has 3 aromatic rings. The lowest BCUT2D eigenvalue weighted by Gasteiger charge is -2.00. The highest BCUT2D eigenvalue weighted by Gasteiger charge is 2.10. The second-order valence-corrected chi connectivity index (χ2v) is 4.69. The molecule has 3 heterocycles. The summed E-state index contributed by atoms with van der Waals surface area (Å²) in [6.07, 6.45) is 3.08. The Labute approximate surface area is 116 Å². The van der Waals surface area contributed by atoms with Crippen molar-refractivity contribution in [2.24, 2.45) is 0 Å². The lowest BCUT2D eigenvalue weighted by Crippen LogP contribution is -2.10. The van der Waals surface area contributed by atoms with Crippen LogP contribution in [0.1, 0.15) is 17.3 Å². The number of hydrogen-bond donors (Lipinski definition) is 3. The van der Waals surface area contributed by atoms with E-state index >= 15 is 0 Å². The highest BCUT2D eigenvalue weighted by molar-refractivity contribution is 5.86. The monoisotopic (exact) mass is 271 g/mol. The molecule has 0 aliphatic heterocycles. The summed E-state index contributed by atoms with van der Waals surface area (Å²) in [4.78, 5) is 12.1. The van der Waals surface area contributed by atoms with E-state index in [2.05, 4.69) is 20.3 Å². The minimum atomic E-state index is 0.503. The number of furan rings is 1. The molecule has 0 saturated heterocycles. The Morgan fingerprint density at radius 1 is 1.40 bits per heavy atom. The standard InChI is InChI=1S/C14H17N5O/c1-16-5-4-9-7-11-13(15)18-12(19-14(11)17-9)8-10-3-2-6-20-10/h2-3,6-7,16H,4-5,8H2,1H3,(H3,15,17,18,19). The van der Waals surface area contributed by atoms with Crippen molar-refractivity contribution in [3.05, 3.63) is 41.7 Å². The molecule has 6 heteroatoms. The van der Waals surface area contributed by atoms with Gasteiger partial charge in [-0.15, -0.1) is 0 Å². The largest absolute Gasteiger partial charge is 0.469 e. The lowest BCUT2D eigenvalue weighted by atomic mass is 10.2. The van der Waals surface area contributed by atoms with Gasteiger partial charge in [-0.3, -0.25) is 0 Å². The zero-order valence-corrected chi connectivity index (χ0v) is 11.3. The maximum atomic E-state index is 6.01. The quantitative estimate of drug-likeness (QED) is 0.653. The first-order chi connectivity index (χ1) is 9.76. The molecule has 3 aromatic heterocycles. The zero-order chi connectivity index (χ0) is 13.9. The average molecular weight is 271 g/mol. The summed E-state index contributed by atoms with van der Waals surface area (Å²) in [5.41, 5.74) is 7.90. The number of nitrogens with one attached hydrogen (secondary N) is 2. The fourth-order valence-electron chi connectivity index (χ4n) is 2.18. The number of aromatic amines is 1. The topological polar surface area (TPSA) is 92.8 Å². The minimum absolute atomic E-state index is 0.503. The van der Waals surface area contributed by atoms with Gasteiger partial charge >= 0.3 is 0 Å². The smallest absolute Gasteiger partial charge is 0.143 e. The predicted octanol–water partition coefficient (Wildman–Crippen LogP) is 1.49. The van der Waals surface area contributed by atoms with Crippen LogP contribution in [0.4, 0.5) is 5.82 Å². The molecule has 0 spiro atoms. The summed E-state index contributed by atoms with van der Waals surface area (Å²) in [6, 6.07) is 5.76. The van der Waals surface area contributed by atoms with E-state index in [9.17, 15) is 0 Å². The van der Waals surface area contributed by atoms with Gasteiger partial charge in [0.25, 0.3) is 0 Å². The van der Waals surface area contributed by atoms with Gasteiger partial charge in [0.05, 0.1) is 18.1 Å². The summed E-state index contributed by atoms with van der Waals surface area (Å²) in [5.74, 6) is 1.99. The first-order valence-electron chi connectivity index (χ1n) is 6.57. The number of nitrogen functional groups attached to an aromatic ring is 1. The molecule has 0 radical (unpaired) electrons. The summed E-state index contributed by atoms with van der Waals surface area (Å²) in [6.45, 7) is 0.902. The van der Waals surface area contributed by atoms with Gasteiger partial charge in [0.2, 0.25) is 0 Å². The van der Waals surface area contributed by atoms with Crippen molar-refractivity contribution >= 4 is 16.9 Å². The van der Waals surface area contributed by atoms with Crippen molar-refractivity contribution in [3.8, 4) is 0 Å². The fraction of sp³-hybridized carbons (Fsp3) is 0.286. The second-order valence-electron chi connectivity index (χ2n) is 4.69. The number of fused-ring (bicyclic) bond motifs is 1. The van der Waals surface area contributed by atoms with Gasteiger partial charge in [-0.05, 0) is 31.7 Å². The van der Waals surface area contributed by atoms with E-state index in [1.54, 1.807) is 6.26 Å². The number of aromatic nitrogens is 3. The van der Waals surface area contributed by atoms with E-state index in [0.29, 0.717) is 18.1 Å². The molecule has 0 aliphatic carbocycles. The molecule has 0 bridgehead atoms. The van der Waals surface area contributed by atoms with E-state index in [1.165, 1.54) is 0 Å². The average Bonchev–Trinajstić information content (AvgIpc) is 3.05. The SMILES string of the molecule is CNCCc1cc2c(N)nc(Cc3ccco3)nc2[nH]1. The van der Waals surface area contributed by atoms with Crippen LogP contribution in [0, 0.1) is 0 Å². The Morgan fingerprint density at radius 3 is 3.05 bits per heavy atom. The van der Waals surface area contributed by atoms with Crippen LogP contribution < -0.4 is 11.1 Å². The maximum Gasteiger partial charge on any atom is 0.143 e. The predicted molar refractivity (Wildman–Crippen MR) is 77.4 cm³/mol. The highest BCUT2D eigenvalue weighted by atomic mass is 16.3. The third-order valence-corrected chi connectivity index (χ3v) is 3.18. The molecule has 6 nitrogen and oxygen atoms in total. The Kier molecular flexibility index (Phi) is 3.39. The number of rotatable bonds is 5. The van der Waals surface area contributed by atoms with Crippen LogP contribution in [-0.4, -0.2) is 28.5 Å². The Hall–Kier alpha value is -2.34. The molecular formula is C14H17N5O. The van der Waals surface area contributed by atoms with Crippen molar-refractivity contribution in [1.82, 2.24) is 20.3 Å². The number of nitrogens with zero attached hydrogens (tertiary/aromatic N) is 2. The summed E-state index contributed by atoms with van der Waals surface area (Å²) >= 11 is 0. The van der Waals surface area contributed by atoms with Crippen LogP contribution in [0.25, 0.3) is 11.0 Å². The van der Waals surface area contributed by atoms with Crippen LogP contribution >= 0.6 is 0 Å². The molecule has 0 saturated carbocycles. The number of hydrogen-bond acceptors (Lipinski definition) is 5. The number of likely N-dealkylation sites (N-methyl/N-ethyl adjacent to an activating group) is 1. The van der Waals surface area contributed by atoms with Crippen molar-refractivity contribution in [2.45, 2.75) is 12.8 Å². The summed E-state index contributed by atoms with van der Waals surface area (Å²) in [7, 11) is 1.93. The molecule has 20 heavy (non-hydrogen) atoms. The molecule has 0 aliphatic rings. The number of nitrogens with two attached hydrogens (primary N) is 1. The third kappa shape index (κ3) is 2.50. The molecule has 3 rings (SSSR count). The molecule has 0 atom stereocenters. The Balaban J connectivity index is 1.91. The molecule has 0 fully saturated rings. The van der Waals surface area contributed by atoms with Crippen LogP contribution in [-0.2, 0) is 12.8 Å². The maximum absolute atomic E-state index is 6.01. The number of anilines is 1. The van der Waals surface area contributed by atoms with Gasteiger partial charge in [-0.25, -0.2) is 9.97 Å². The van der Waals surface area contributed by atoms with Crippen LogP contribution in [0.3, 0.4) is 0 Å². The van der Waals surface area contributed by atoms with Crippen LogP contribution in [0.15, 0.2) is 28.9 Å². The highest BCUT2D eigenvalue weighted by Crippen LogP contribution is 2.20. The van der Waals surface area contributed by atoms with Crippen molar-refractivity contribution in [3.63, 3.8) is 0 Å². The van der Waals surface area contributed by atoms with Crippen molar-refractivity contribution in [2.75, 3.05) is 19.3 Å². The van der Waals surface area contributed by atoms with Crippen molar-refractivity contribution in [1.29, 1.82) is 0 Å². The second kappa shape index (κ2) is 5.34. The molecule has 4 N–H and O–H groups in total. The van der Waals surface area contributed by atoms with Gasteiger partial charge < -0.3 is 20.5 Å². The lowest BCUT2D eigenvalue weighted by molar-refractivity contribution is 0.517. The first-order valence-corrected chi connectivity index (χ1v) is 6.57. The van der Waals surface area contributed by atoms with Crippen LogP contribution in [0.2, 0.25) is 0 Å². The molecule has 104 valence electrons. The Morgan fingerprint density at radius 2 is 2.30 bits per heavy atom. The van der Waals surface area contributed by atoms with Crippen molar-refractivity contribution < 1.29 is 4.42 Å². The van der Waals surface area contributed by atoms with Gasteiger partial charge in [0, 0.05) is 12.2 Å². The first kappa shape index (κ1) is 12.7. The third-order valence-electron chi connectivity index (χ3n) is 3.18. The Bertz CT molecular complexity index is 702. The van der Waals surface area contributed by atoms with E-state index in [1.807, 2.05) is 25.2 Å². The van der Waals surface area contributed by atoms with Crippen LogP contribution in [0.5, 0.6) is 0 Å². The van der Waals surface area contributed by atoms with Gasteiger partial charge in [0.15, 0.2) is 0 Å². The minimum Gasteiger partial charge on any atom is -0.469 e. The van der Waals surface area contributed by atoms with Gasteiger partial charge in [-0.1, -0.05) is 0 Å². The molecule has 0 unspecified atom stereocenters. The number of H-pyrrole nitrogens is 1. The van der Waals surface area contributed by atoms with E-state index in [4.69, 9.17) is 10.2 Å². The fourth-order valence-corrected chi connectivity index (χ4v) is 2.18. The van der Waals surface area contributed by atoms with E-state index in [0.717, 1.165) is 35.5 Å².